The molecule has 0 spiro atoms. The van der Waals surface area contributed by atoms with E-state index in [4.69, 9.17) is 14.9 Å². The minimum absolute atomic E-state index is 0.0166. The van der Waals surface area contributed by atoms with Crippen molar-refractivity contribution < 1.29 is 32.6 Å². The molecule has 1 heterocycles. The lowest BCUT2D eigenvalue weighted by Gasteiger charge is -2.24. The molecule has 0 saturated carbocycles. The van der Waals surface area contributed by atoms with Gasteiger partial charge in [-0.3, -0.25) is 10.3 Å². The number of carbonyl (C=O) groups excluding carboxylic acids is 1. The average Bonchev–Trinajstić information content (AvgIpc) is 3.21. The van der Waals surface area contributed by atoms with E-state index in [-0.39, 0.29) is 30.9 Å². The molecule has 0 radical (unpaired) electrons. The number of carboxylic acid groups (broad SMARTS) is 1. The number of carbonyl (C=O) groups is 2. The molecule has 0 bridgehead atoms. The van der Waals surface area contributed by atoms with Crippen LogP contribution >= 0.6 is 0 Å². The summed E-state index contributed by atoms with van der Waals surface area (Å²) < 4.78 is 40.1. The first kappa shape index (κ1) is 30.7. The van der Waals surface area contributed by atoms with Gasteiger partial charge in [-0.05, 0) is 69.7 Å². The van der Waals surface area contributed by atoms with Crippen LogP contribution in [0.3, 0.4) is 0 Å². The summed E-state index contributed by atoms with van der Waals surface area (Å²) in [4.78, 5) is 25.3. The molecular weight excluding hydrogens is 536 g/mol. The molecule has 3 rings (SSSR count). The maximum absolute atomic E-state index is 13.3. The van der Waals surface area contributed by atoms with Crippen molar-refractivity contribution in [2.45, 2.75) is 77.0 Å². The third-order valence-corrected chi connectivity index (χ3v) is 8.62. The van der Waals surface area contributed by atoms with E-state index in [9.17, 15) is 23.1 Å². The van der Waals surface area contributed by atoms with Gasteiger partial charge in [0.15, 0.2) is 0 Å². The molecule has 0 aromatic heterocycles. The topological polar surface area (TPSA) is 158 Å². The molecule has 4 N–H and O–H groups in total. The van der Waals surface area contributed by atoms with Gasteiger partial charge < -0.3 is 19.9 Å². The Labute approximate surface area is 235 Å². The summed E-state index contributed by atoms with van der Waals surface area (Å²) in [5.74, 6) is -0.912. The van der Waals surface area contributed by atoms with Gasteiger partial charge in [-0.2, -0.15) is 0 Å². The molecule has 0 aliphatic carbocycles. The SMILES string of the molecule is Cc1c(C)c(S(=O)(=O)NC(=N)NCCC[C@@H](C(=O)O)N(C)C(=O)OCc2ccccc2)c(C)c2c1OC(C)(C)C2. The van der Waals surface area contributed by atoms with Crippen LogP contribution in [0.25, 0.3) is 0 Å². The standard InChI is InChI=1S/C28H38N4O7S/c1-17-18(2)24(19(3)21-15-28(4,5)39-23(17)21)40(36,37)31-26(29)30-14-10-13-22(25(33)34)32(6)27(35)38-16-20-11-8-7-9-12-20/h7-9,11-12,22H,10,13-16H2,1-6H3,(H,33,34)(H3,29,30,31)/t22-/m0/s1. The number of hydrogen-bond donors (Lipinski definition) is 4. The molecule has 40 heavy (non-hydrogen) atoms. The Hall–Kier alpha value is -3.80. The first-order chi connectivity index (χ1) is 18.6. The Bertz CT molecular complexity index is 1390. The Kier molecular flexibility index (Phi) is 9.34. The number of guanidine groups is 1. The van der Waals surface area contributed by atoms with Crippen LogP contribution in [0.2, 0.25) is 0 Å². The number of fused-ring (bicyclic) bond motifs is 1. The Morgan fingerprint density at radius 2 is 1.80 bits per heavy atom. The molecule has 1 amide bonds. The third-order valence-electron chi connectivity index (χ3n) is 7.00. The van der Waals surface area contributed by atoms with Crippen LogP contribution in [0.4, 0.5) is 4.79 Å². The monoisotopic (exact) mass is 574 g/mol. The zero-order valence-electron chi connectivity index (χ0n) is 23.8. The first-order valence-electron chi connectivity index (χ1n) is 13.0. The lowest BCUT2D eigenvalue weighted by atomic mass is 9.94. The van der Waals surface area contributed by atoms with E-state index < -0.39 is 39.7 Å². The number of hydrogen-bond acceptors (Lipinski definition) is 7. The Morgan fingerprint density at radius 1 is 1.15 bits per heavy atom. The van der Waals surface area contributed by atoms with E-state index in [1.165, 1.54) is 7.05 Å². The largest absolute Gasteiger partial charge is 0.487 e. The molecule has 0 saturated heterocycles. The highest BCUT2D eigenvalue weighted by atomic mass is 32.2. The Morgan fingerprint density at radius 3 is 2.42 bits per heavy atom. The molecule has 0 unspecified atom stereocenters. The highest BCUT2D eigenvalue weighted by Crippen LogP contribution is 2.43. The molecule has 1 aliphatic heterocycles. The van der Waals surface area contributed by atoms with Crippen LogP contribution in [-0.2, 0) is 32.6 Å². The maximum atomic E-state index is 13.3. The van der Waals surface area contributed by atoms with Crippen molar-refractivity contribution in [2.24, 2.45) is 0 Å². The van der Waals surface area contributed by atoms with Crippen LogP contribution in [0.1, 0.15) is 54.5 Å². The van der Waals surface area contributed by atoms with Crippen LogP contribution in [0.5, 0.6) is 5.75 Å². The fourth-order valence-electron chi connectivity index (χ4n) is 4.81. The quantitative estimate of drug-likeness (QED) is 0.190. The van der Waals surface area contributed by atoms with Gasteiger partial charge in [-0.25, -0.2) is 22.7 Å². The van der Waals surface area contributed by atoms with Gasteiger partial charge >= 0.3 is 12.1 Å². The number of aliphatic carboxylic acids is 1. The van der Waals surface area contributed by atoms with Gasteiger partial charge in [0.25, 0.3) is 10.0 Å². The highest BCUT2D eigenvalue weighted by Gasteiger charge is 2.36. The number of benzene rings is 2. The van der Waals surface area contributed by atoms with Crippen LogP contribution in [-0.4, -0.2) is 61.7 Å². The summed E-state index contributed by atoms with van der Waals surface area (Å²) in [7, 11) is -2.73. The van der Waals surface area contributed by atoms with Crippen molar-refractivity contribution in [2.75, 3.05) is 13.6 Å². The number of nitrogens with one attached hydrogen (secondary N) is 3. The van der Waals surface area contributed by atoms with Gasteiger partial charge in [0.1, 0.15) is 24.0 Å². The summed E-state index contributed by atoms with van der Waals surface area (Å²) in [5, 5.41) is 20.4. The summed E-state index contributed by atoms with van der Waals surface area (Å²) >= 11 is 0. The second kappa shape index (κ2) is 12.2. The molecule has 218 valence electrons. The average molecular weight is 575 g/mol. The summed E-state index contributed by atoms with van der Waals surface area (Å²) in [6.45, 7) is 9.32. The fraction of sp³-hybridized carbons (Fsp3) is 0.464. The van der Waals surface area contributed by atoms with Gasteiger partial charge in [0, 0.05) is 25.6 Å². The number of amides is 1. The van der Waals surface area contributed by atoms with E-state index in [1.54, 1.807) is 26.0 Å². The molecule has 2 aromatic carbocycles. The van der Waals surface area contributed by atoms with Crippen LogP contribution in [0.15, 0.2) is 35.2 Å². The maximum Gasteiger partial charge on any atom is 0.410 e. The summed E-state index contributed by atoms with van der Waals surface area (Å²) in [5.41, 5.74) is 3.08. The van der Waals surface area contributed by atoms with Gasteiger partial charge in [-0.1, -0.05) is 30.3 Å². The smallest absolute Gasteiger partial charge is 0.410 e. The zero-order chi connectivity index (χ0) is 29.8. The normalized spacial score (nSPS) is 14.4. The van der Waals surface area contributed by atoms with Gasteiger partial charge in [0.05, 0.1) is 4.90 Å². The number of likely N-dealkylation sites (N-methyl/N-ethyl adjacent to an activating group) is 1. The molecular formula is C28H38N4O7S. The van der Waals surface area contributed by atoms with Crippen molar-refractivity contribution in [3.63, 3.8) is 0 Å². The molecule has 12 heteroatoms. The number of rotatable bonds is 10. The van der Waals surface area contributed by atoms with E-state index in [0.717, 1.165) is 21.6 Å². The minimum atomic E-state index is -4.08. The lowest BCUT2D eigenvalue weighted by molar-refractivity contribution is -0.142. The minimum Gasteiger partial charge on any atom is -0.487 e. The molecule has 1 atom stereocenters. The number of carboxylic acids is 1. The van der Waals surface area contributed by atoms with E-state index >= 15 is 0 Å². The highest BCUT2D eigenvalue weighted by molar-refractivity contribution is 7.90. The van der Waals surface area contributed by atoms with E-state index in [0.29, 0.717) is 23.3 Å². The number of nitrogens with zero attached hydrogens (tertiary/aromatic N) is 1. The fourth-order valence-corrected chi connectivity index (χ4v) is 6.33. The number of ether oxygens (including phenoxy) is 2. The summed E-state index contributed by atoms with van der Waals surface area (Å²) in [6, 6.07) is 7.88. The molecule has 2 aromatic rings. The predicted octanol–water partition coefficient (Wildman–Crippen LogP) is 3.63. The lowest BCUT2D eigenvalue weighted by Crippen LogP contribution is -2.44. The van der Waals surface area contributed by atoms with Gasteiger partial charge in [-0.15, -0.1) is 0 Å². The van der Waals surface area contributed by atoms with Crippen molar-refractivity contribution in [1.82, 2.24) is 14.9 Å². The van der Waals surface area contributed by atoms with E-state index in [2.05, 4.69) is 10.0 Å². The second-order valence-corrected chi connectivity index (χ2v) is 12.2. The van der Waals surface area contributed by atoms with Crippen LogP contribution in [0, 0.1) is 26.2 Å². The van der Waals surface area contributed by atoms with Gasteiger partial charge in [0.2, 0.25) is 5.96 Å². The van der Waals surface area contributed by atoms with Crippen molar-refractivity contribution >= 4 is 28.0 Å². The van der Waals surface area contributed by atoms with Crippen LogP contribution < -0.4 is 14.8 Å². The summed E-state index contributed by atoms with van der Waals surface area (Å²) in [6.07, 6.45) is 0.123. The van der Waals surface area contributed by atoms with Crippen molar-refractivity contribution in [3.8, 4) is 5.75 Å². The Balaban J connectivity index is 1.56. The zero-order valence-corrected chi connectivity index (χ0v) is 24.6. The second-order valence-electron chi connectivity index (χ2n) is 10.6. The number of sulfonamides is 1. The van der Waals surface area contributed by atoms with Crippen molar-refractivity contribution in [3.05, 3.63) is 58.1 Å². The van der Waals surface area contributed by atoms with E-state index in [1.807, 2.05) is 39.0 Å². The predicted molar refractivity (Wildman–Crippen MR) is 150 cm³/mol. The molecule has 0 fully saturated rings. The first-order valence-corrected chi connectivity index (χ1v) is 14.5. The van der Waals surface area contributed by atoms with Crippen molar-refractivity contribution in [1.29, 1.82) is 5.41 Å². The third kappa shape index (κ3) is 7.04. The molecule has 11 nitrogen and oxygen atoms in total. The molecule has 1 aliphatic rings.